The van der Waals surface area contributed by atoms with Gasteiger partial charge in [-0.15, -0.1) is 21.5 Å². The summed E-state index contributed by atoms with van der Waals surface area (Å²) in [5.41, 5.74) is 2.58. The number of nitrogens with one attached hydrogen (secondary N) is 1. The van der Waals surface area contributed by atoms with Gasteiger partial charge in [0.1, 0.15) is 22.2 Å². The van der Waals surface area contributed by atoms with Gasteiger partial charge in [-0.25, -0.2) is 9.18 Å². The van der Waals surface area contributed by atoms with Crippen LogP contribution in [0.5, 0.6) is 0 Å². The molecule has 0 bridgehead atoms. The molecule has 4 rings (SSSR count). The number of hydrogen-bond acceptors (Lipinski definition) is 7. The van der Waals surface area contributed by atoms with Gasteiger partial charge >= 0.3 is 5.97 Å². The van der Waals surface area contributed by atoms with Crippen molar-refractivity contribution in [1.82, 2.24) is 14.8 Å². The number of anilines is 1. The molecule has 174 valence electrons. The number of thioether (sulfide) groups is 1. The van der Waals surface area contributed by atoms with Crippen LogP contribution < -0.4 is 5.32 Å². The number of thiophene rings is 1. The third-order valence-corrected chi connectivity index (χ3v) is 6.97. The lowest BCUT2D eigenvalue weighted by molar-refractivity contribution is -0.113. The molecule has 0 unspecified atom stereocenters. The van der Waals surface area contributed by atoms with Gasteiger partial charge in [-0.3, -0.25) is 4.79 Å². The first kappa shape index (κ1) is 23.7. The molecule has 2 aromatic heterocycles. The molecule has 4 aromatic rings. The number of rotatable bonds is 8. The summed E-state index contributed by atoms with van der Waals surface area (Å²) < 4.78 is 20.1. The molecule has 0 atom stereocenters. The zero-order valence-corrected chi connectivity index (χ0v) is 20.1. The first-order chi connectivity index (χ1) is 16.5. The Hall–Kier alpha value is -3.50. The minimum absolute atomic E-state index is 0.0850. The minimum atomic E-state index is -0.581. The van der Waals surface area contributed by atoms with Crippen molar-refractivity contribution in [2.45, 2.75) is 11.6 Å². The first-order valence-corrected chi connectivity index (χ1v) is 12.1. The molecule has 0 aliphatic rings. The normalized spacial score (nSPS) is 10.8. The zero-order chi connectivity index (χ0) is 24.1. The maximum Gasteiger partial charge on any atom is 0.341 e. The SMILES string of the molecule is COC(=O)c1c(-c2ccc(F)cc2)csc1NC(=O)CSc1nnc(Cc2ccccc2)n1C. The molecule has 2 aromatic carbocycles. The van der Waals surface area contributed by atoms with Gasteiger partial charge in [0, 0.05) is 24.4 Å². The number of methoxy groups -OCH3 is 1. The van der Waals surface area contributed by atoms with Gasteiger partial charge in [-0.2, -0.15) is 0 Å². The number of nitrogens with zero attached hydrogens (tertiary/aromatic N) is 3. The van der Waals surface area contributed by atoms with Gasteiger partial charge in [-0.1, -0.05) is 54.2 Å². The second-order valence-electron chi connectivity index (χ2n) is 7.31. The Morgan fingerprint density at radius 2 is 1.85 bits per heavy atom. The number of esters is 1. The topological polar surface area (TPSA) is 86.1 Å². The average molecular weight is 497 g/mol. The standard InChI is InChI=1S/C24H21FN4O3S2/c1-29-19(12-15-6-4-3-5-7-15)27-28-24(29)34-14-20(30)26-22-21(23(31)32-2)18(13-33-22)16-8-10-17(25)11-9-16/h3-11,13H,12,14H2,1-2H3,(H,26,30). The van der Waals surface area contributed by atoms with Gasteiger partial charge in [0.15, 0.2) is 5.16 Å². The van der Waals surface area contributed by atoms with Gasteiger partial charge < -0.3 is 14.6 Å². The van der Waals surface area contributed by atoms with E-state index in [1.165, 1.54) is 42.3 Å². The predicted octanol–water partition coefficient (Wildman–Crippen LogP) is 4.79. The monoisotopic (exact) mass is 496 g/mol. The van der Waals surface area contributed by atoms with E-state index in [4.69, 9.17) is 4.74 Å². The van der Waals surface area contributed by atoms with Crippen LogP contribution in [0.3, 0.4) is 0 Å². The van der Waals surface area contributed by atoms with Gasteiger partial charge in [0.2, 0.25) is 5.91 Å². The molecule has 0 aliphatic heterocycles. The van der Waals surface area contributed by atoms with Crippen molar-refractivity contribution >= 4 is 40.0 Å². The number of hydrogen-bond donors (Lipinski definition) is 1. The van der Waals surface area contributed by atoms with Gasteiger partial charge in [0.05, 0.1) is 12.9 Å². The highest BCUT2D eigenvalue weighted by Gasteiger charge is 2.23. The van der Waals surface area contributed by atoms with Crippen molar-refractivity contribution < 1.29 is 18.7 Å². The fourth-order valence-corrected chi connectivity index (χ4v) is 5.00. The van der Waals surface area contributed by atoms with E-state index in [-0.39, 0.29) is 23.0 Å². The minimum Gasteiger partial charge on any atom is -0.465 e. The molecule has 0 saturated heterocycles. The molecular formula is C24H21FN4O3S2. The average Bonchev–Trinajstić information content (AvgIpc) is 3.42. The third-order valence-electron chi connectivity index (χ3n) is 5.05. The van der Waals surface area contributed by atoms with Crippen molar-refractivity contribution in [3.63, 3.8) is 0 Å². The van der Waals surface area contributed by atoms with Crippen LogP contribution >= 0.6 is 23.1 Å². The molecule has 7 nitrogen and oxygen atoms in total. The van der Waals surface area contributed by atoms with E-state index in [1.807, 2.05) is 41.9 Å². The summed E-state index contributed by atoms with van der Waals surface area (Å²) in [5.74, 6) is -0.372. The second-order valence-corrected chi connectivity index (χ2v) is 9.13. The van der Waals surface area contributed by atoms with Crippen LogP contribution in [0.2, 0.25) is 0 Å². The number of carbonyl (C=O) groups excluding carboxylic acids is 2. The fourth-order valence-electron chi connectivity index (χ4n) is 3.29. The Balaban J connectivity index is 1.44. The number of benzene rings is 2. The van der Waals surface area contributed by atoms with E-state index in [0.29, 0.717) is 27.7 Å². The van der Waals surface area contributed by atoms with Crippen molar-refractivity contribution in [3.05, 3.63) is 82.7 Å². The summed E-state index contributed by atoms with van der Waals surface area (Å²) in [6.45, 7) is 0. The van der Waals surface area contributed by atoms with Crippen LogP contribution in [0, 0.1) is 5.82 Å². The van der Waals surface area contributed by atoms with E-state index in [9.17, 15) is 14.0 Å². The Labute approximate surface area is 204 Å². The Morgan fingerprint density at radius 1 is 1.12 bits per heavy atom. The first-order valence-electron chi connectivity index (χ1n) is 10.3. The molecule has 2 heterocycles. The molecular weight excluding hydrogens is 475 g/mol. The molecule has 1 amide bonds. The van der Waals surface area contributed by atoms with Crippen molar-refractivity contribution in [2.75, 3.05) is 18.2 Å². The van der Waals surface area contributed by atoms with E-state index >= 15 is 0 Å². The molecule has 1 N–H and O–H groups in total. The van der Waals surface area contributed by atoms with Crippen LogP contribution in [0.1, 0.15) is 21.7 Å². The Bertz CT molecular complexity index is 1300. The highest BCUT2D eigenvalue weighted by atomic mass is 32.2. The highest BCUT2D eigenvalue weighted by molar-refractivity contribution is 7.99. The quantitative estimate of drug-likeness (QED) is 0.279. The largest absolute Gasteiger partial charge is 0.465 e. The maximum atomic E-state index is 13.3. The predicted molar refractivity (Wildman–Crippen MR) is 131 cm³/mol. The maximum absolute atomic E-state index is 13.3. The van der Waals surface area contributed by atoms with Crippen LogP contribution in [0.15, 0.2) is 65.1 Å². The van der Waals surface area contributed by atoms with Crippen molar-refractivity contribution in [1.29, 1.82) is 0 Å². The lowest BCUT2D eigenvalue weighted by Crippen LogP contribution is -2.16. The van der Waals surface area contributed by atoms with E-state index in [0.717, 1.165) is 11.4 Å². The summed E-state index contributed by atoms with van der Waals surface area (Å²) in [6, 6.07) is 15.7. The highest BCUT2D eigenvalue weighted by Crippen LogP contribution is 2.36. The van der Waals surface area contributed by atoms with E-state index in [1.54, 1.807) is 17.5 Å². The number of aromatic nitrogens is 3. The van der Waals surface area contributed by atoms with Crippen LogP contribution in [-0.2, 0) is 23.0 Å². The molecule has 10 heteroatoms. The Morgan fingerprint density at radius 3 is 2.56 bits per heavy atom. The zero-order valence-electron chi connectivity index (χ0n) is 18.4. The number of ether oxygens (including phenoxy) is 1. The molecule has 0 radical (unpaired) electrons. The summed E-state index contributed by atoms with van der Waals surface area (Å²) in [6.07, 6.45) is 0.640. The molecule has 0 saturated carbocycles. The van der Waals surface area contributed by atoms with E-state index in [2.05, 4.69) is 15.5 Å². The van der Waals surface area contributed by atoms with Crippen LogP contribution in [0.4, 0.5) is 9.39 Å². The molecule has 0 aliphatic carbocycles. The smallest absolute Gasteiger partial charge is 0.341 e. The summed E-state index contributed by atoms with van der Waals surface area (Å²) in [5, 5.41) is 14.0. The lowest BCUT2D eigenvalue weighted by atomic mass is 10.0. The van der Waals surface area contributed by atoms with Gasteiger partial charge in [0.25, 0.3) is 0 Å². The number of carbonyl (C=O) groups is 2. The number of halogens is 1. The molecule has 34 heavy (non-hydrogen) atoms. The second kappa shape index (κ2) is 10.6. The van der Waals surface area contributed by atoms with Crippen molar-refractivity contribution in [3.8, 4) is 11.1 Å². The van der Waals surface area contributed by atoms with E-state index < -0.39 is 5.97 Å². The lowest BCUT2D eigenvalue weighted by Gasteiger charge is -2.08. The third kappa shape index (κ3) is 5.35. The number of amides is 1. The summed E-state index contributed by atoms with van der Waals surface area (Å²) in [4.78, 5) is 25.1. The summed E-state index contributed by atoms with van der Waals surface area (Å²) in [7, 11) is 3.14. The van der Waals surface area contributed by atoms with Crippen LogP contribution in [0.25, 0.3) is 11.1 Å². The Kier molecular flexibility index (Phi) is 7.39. The fraction of sp³-hybridized carbons (Fsp3) is 0.167. The van der Waals surface area contributed by atoms with Gasteiger partial charge in [-0.05, 0) is 23.3 Å². The van der Waals surface area contributed by atoms with Crippen LogP contribution in [-0.4, -0.2) is 39.5 Å². The molecule has 0 spiro atoms. The van der Waals surface area contributed by atoms with Crippen molar-refractivity contribution in [2.24, 2.45) is 7.05 Å². The molecule has 0 fully saturated rings. The summed E-state index contributed by atoms with van der Waals surface area (Å²) >= 11 is 2.46.